The molecular formula is C18H20N2O5S. The smallest absolute Gasteiger partial charge is 0.264 e. The van der Waals surface area contributed by atoms with Gasteiger partial charge in [-0.25, -0.2) is 8.42 Å². The van der Waals surface area contributed by atoms with E-state index < -0.39 is 10.0 Å². The van der Waals surface area contributed by atoms with Crippen LogP contribution < -0.4 is 10.1 Å². The molecule has 0 bridgehead atoms. The molecule has 0 saturated heterocycles. The number of amides is 1. The molecular weight excluding hydrogens is 356 g/mol. The Morgan fingerprint density at radius 3 is 2.77 bits per heavy atom. The number of carbonyl (C=O) groups excluding carboxylic acids is 1. The van der Waals surface area contributed by atoms with Crippen LogP contribution in [-0.4, -0.2) is 39.6 Å². The summed E-state index contributed by atoms with van der Waals surface area (Å²) >= 11 is 0. The lowest BCUT2D eigenvalue weighted by Crippen LogP contribution is -2.32. The zero-order valence-electron chi connectivity index (χ0n) is 14.5. The van der Waals surface area contributed by atoms with Gasteiger partial charge in [-0.2, -0.15) is 0 Å². The van der Waals surface area contributed by atoms with E-state index in [4.69, 9.17) is 9.57 Å². The first-order valence-corrected chi connectivity index (χ1v) is 9.53. The zero-order valence-corrected chi connectivity index (χ0v) is 15.3. The lowest BCUT2D eigenvalue weighted by molar-refractivity contribution is -0.0258. The van der Waals surface area contributed by atoms with Gasteiger partial charge in [-0.1, -0.05) is 28.7 Å². The van der Waals surface area contributed by atoms with E-state index in [1.807, 2.05) is 24.3 Å². The fraction of sp³-hybridized carbons (Fsp3) is 0.278. The normalized spacial score (nSPS) is 16.7. The third kappa shape index (κ3) is 3.57. The average Bonchev–Trinajstić information content (AvgIpc) is 2.67. The minimum Gasteiger partial charge on any atom is -0.493 e. The van der Waals surface area contributed by atoms with E-state index in [1.54, 1.807) is 6.07 Å². The second-order valence-corrected chi connectivity index (χ2v) is 7.76. The number of hydroxylamine groups is 1. The fourth-order valence-corrected chi connectivity index (χ4v) is 3.80. The minimum atomic E-state index is -3.82. The molecule has 0 radical (unpaired) electrons. The van der Waals surface area contributed by atoms with Gasteiger partial charge in [-0.3, -0.25) is 9.63 Å². The molecule has 1 amide bonds. The quantitative estimate of drug-likeness (QED) is 0.808. The molecule has 1 atom stereocenters. The van der Waals surface area contributed by atoms with Crippen molar-refractivity contribution < 1.29 is 22.8 Å². The predicted molar refractivity (Wildman–Crippen MR) is 95.2 cm³/mol. The number of nitrogens with one attached hydrogen (secondary N) is 1. The van der Waals surface area contributed by atoms with E-state index in [0.717, 1.165) is 15.8 Å². The van der Waals surface area contributed by atoms with Gasteiger partial charge < -0.3 is 10.1 Å². The molecule has 1 aliphatic heterocycles. The van der Waals surface area contributed by atoms with Crippen LogP contribution in [0.4, 0.5) is 0 Å². The fourth-order valence-electron chi connectivity index (χ4n) is 2.78. The highest BCUT2D eigenvalue weighted by molar-refractivity contribution is 7.89. The van der Waals surface area contributed by atoms with Crippen LogP contribution >= 0.6 is 0 Å². The van der Waals surface area contributed by atoms with Gasteiger partial charge in [0.15, 0.2) is 0 Å². The van der Waals surface area contributed by atoms with Crippen LogP contribution in [0.15, 0.2) is 53.4 Å². The first kappa shape index (κ1) is 18.4. The molecule has 8 heteroatoms. The Morgan fingerprint density at radius 2 is 2.00 bits per heavy atom. The van der Waals surface area contributed by atoms with Crippen molar-refractivity contribution in [2.24, 2.45) is 0 Å². The van der Waals surface area contributed by atoms with Gasteiger partial charge in [-0.15, -0.1) is 0 Å². The SMILES string of the molecule is CON(C)S(=O)(=O)c1cccc(C(=O)NC2CCOc3ccccc32)c1. The predicted octanol–water partition coefficient (Wildman–Crippen LogP) is 2.12. The van der Waals surface area contributed by atoms with E-state index in [-0.39, 0.29) is 22.4 Å². The topological polar surface area (TPSA) is 84.9 Å². The number of hydrogen-bond acceptors (Lipinski definition) is 5. The van der Waals surface area contributed by atoms with E-state index in [2.05, 4.69) is 5.32 Å². The summed E-state index contributed by atoms with van der Waals surface area (Å²) in [7, 11) is -1.26. The third-order valence-electron chi connectivity index (χ3n) is 4.25. The molecule has 7 nitrogen and oxygen atoms in total. The lowest BCUT2D eigenvalue weighted by Gasteiger charge is -2.26. The highest BCUT2D eigenvalue weighted by Crippen LogP contribution is 2.31. The van der Waals surface area contributed by atoms with Crippen LogP contribution in [0.25, 0.3) is 0 Å². The maximum absolute atomic E-state index is 12.6. The number of carbonyl (C=O) groups is 1. The van der Waals surface area contributed by atoms with Gasteiger partial charge in [-0.05, 0) is 24.3 Å². The molecule has 26 heavy (non-hydrogen) atoms. The second kappa shape index (κ2) is 7.45. The molecule has 0 aromatic heterocycles. The Balaban J connectivity index is 1.83. The summed E-state index contributed by atoms with van der Waals surface area (Å²) in [5.41, 5.74) is 1.18. The summed E-state index contributed by atoms with van der Waals surface area (Å²) in [6.07, 6.45) is 0.646. The van der Waals surface area contributed by atoms with Crippen LogP contribution in [0.1, 0.15) is 28.4 Å². The number of para-hydroxylation sites is 1. The molecule has 0 spiro atoms. The van der Waals surface area contributed by atoms with Crippen molar-refractivity contribution in [3.8, 4) is 5.75 Å². The van der Waals surface area contributed by atoms with Crippen molar-refractivity contribution in [1.82, 2.24) is 9.79 Å². The van der Waals surface area contributed by atoms with Gasteiger partial charge in [0.2, 0.25) is 0 Å². The summed E-state index contributed by atoms with van der Waals surface area (Å²) in [6.45, 7) is 0.509. The van der Waals surface area contributed by atoms with Crippen molar-refractivity contribution in [3.63, 3.8) is 0 Å². The number of nitrogens with zero attached hydrogens (tertiary/aromatic N) is 1. The molecule has 138 valence electrons. The Kier molecular flexibility index (Phi) is 5.26. The molecule has 1 aliphatic rings. The molecule has 1 unspecified atom stereocenters. The number of benzene rings is 2. The summed E-state index contributed by atoms with van der Waals surface area (Å²) < 4.78 is 31.0. The van der Waals surface area contributed by atoms with Crippen molar-refractivity contribution in [1.29, 1.82) is 0 Å². The van der Waals surface area contributed by atoms with Gasteiger partial charge in [0.05, 0.1) is 24.7 Å². The molecule has 2 aromatic carbocycles. The van der Waals surface area contributed by atoms with Crippen molar-refractivity contribution in [2.45, 2.75) is 17.4 Å². The largest absolute Gasteiger partial charge is 0.493 e. The van der Waals surface area contributed by atoms with E-state index in [9.17, 15) is 13.2 Å². The van der Waals surface area contributed by atoms with Crippen LogP contribution in [0, 0.1) is 0 Å². The summed E-state index contributed by atoms with van der Waals surface area (Å²) in [4.78, 5) is 17.4. The Morgan fingerprint density at radius 1 is 1.23 bits per heavy atom. The Labute approximate surface area is 152 Å². The molecule has 0 fully saturated rings. The van der Waals surface area contributed by atoms with E-state index >= 15 is 0 Å². The first-order valence-electron chi connectivity index (χ1n) is 8.09. The molecule has 1 N–H and O–H groups in total. The van der Waals surface area contributed by atoms with E-state index in [0.29, 0.717) is 13.0 Å². The Hall–Kier alpha value is -2.42. The summed E-state index contributed by atoms with van der Waals surface area (Å²) in [6, 6.07) is 13.2. The standard InChI is InChI=1S/C18H20N2O5S/c1-20(24-2)26(22,23)14-7-5-6-13(12-14)18(21)19-16-10-11-25-17-9-4-3-8-15(16)17/h3-9,12,16H,10-11H2,1-2H3,(H,19,21). The number of hydrogen-bond donors (Lipinski definition) is 1. The van der Waals surface area contributed by atoms with Gasteiger partial charge in [0.1, 0.15) is 5.75 Å². The number of fused-ring (bicyclic) bond motifs is 1. The first-order chi connectivity index (χ1) is 12.4. The number of ether oxygens (including phenoxy) is 1. The number of sulfonamides is 1. The van der Waals surface area contributed by atoms with Crippen LogP contribution in [0.5, 0.6) is 5.75 Å². The van der Waals surface area contributed by atoms with Crippen molar-refractivity contribution in [2.75, 3.05) is 20.8 Å². The summed E-state index contributed by atoms with van der Waals surface area (Å²) in [5.74, 6) is 0.408. The van der Waals surface area contributed by atoms with Crippen molar-refractivity contribution >= 4 is 15.9 Å². The van der Waals surface area contributed by atoms with Crippen LogP contribution in [0.2, 0.25) is 0 Å². The molecule has 0 aliphatic carbocycles. The van der Waals surface area contributed by atoms with Crippen LogP contribution in [-0.2, 0) is 14.9 Å². The summed E-state index contributed by atoms with van der Waals surface area (Å²) in [5, 5.41) is 2.95. The third-order valence-corrected chi connectivity index (χ3v) is 5.93. The zero-order chi connectivity index (χ0) is 18.7. The monoisotopic (exact) mass is 376 g/mol. The maximum atomic E-state index is 12.6. The highest BCUT2D eigenvalue weighted by atomic mass is 32.2. The molecule has 2 aromatic rings. The van der Waals surface area contributed by atoms with E-state index in [1.165, 1.54) is 32.4 Å². The van der Waals surface area contributed by atoms with Crippen LogP contribution in [0.3, 0.4) is 0 Å². The van der Waals surface area contributed by atoms with Gasteiger partial charge in [0.25, 0.3) is 15.9 Å². The average molecular weight is 376 g/mol. The minimum absolute atomic E-state index is 0.0122. The molecule has 0 saturated carbocycles. The van der Waals surface area contributed by atoms with Crippen molar-refractivity contribution in [3.05, 3.63) is 59.7 Å². The van der Waals surface area contributed by atoms with Gasteiger partial charge >= 0.3 is 0 Å². The second-order valence-electron chi connectivity index (χ2n) is 5.83. The Bertz CT molecular complexity index is 913. The highest BCUT2D eigenvalue weighted by Gasteiger charge is 2.25. The lowest BCUT2D eigenvalue weighted by atomic mass is 10.00. The van der Waals surface area contributed by atoms with Gasteiger partial charge in [0, 0.05) is 24.6 Å². The number of rotatable bonds is 5. The molecule has 1 heterocycles. The molecule has 3 rings (SSSR count). The maximum Gasteiger partial charge on any atom is 0.264 e.